The van der Waals surface area contributed by atoms with E-state index < -0.39 is 0 Å². The summed E-state index contributed by atoms with van der Waals surface area (Å²) in [5.74, 6) is 0.363. The standard InChI is InChI=1S/C15H14BrClFNO/c1-19-15(10-4-3-5-12(16)14(10)18)11-8-9(17)6-7-13(11)20-2/h3-8,15,19H,1-2H3. The van der Waals surface area contributed by atoms with Gasteiger partial charge in [-0.15, -0.1) is 0 Å². The first kappa shape index (κ1) is 15.3. The first-order valence-corrected chi connectivity index (χ1v) is 7.20. The largest absolute Gasteiger partial charge is 0.496 e. The molecule has 2 aromatic rings. The third-order valence-corrected chi connectivity index (χ3v) is 3.93. The van der Waals surface area contributed by atoms with Gasteiger partial charge in [-0.05, 0) is 47.2 Å². The van der Waals surface area contributed by atoms with Crippen molar-refractivity contribution < 1.29 is 9.13 Å². The van der Waals surface area contributed by atoms with Gasteiger partial charge < -0.3 is 10.1 Å². The number of hydrogen-bond acceptors (Lipinski definition) is 2. The van der Waals surface area contributed by atoms with Crippen molar-refractivity contribution in [2.24, 2.45) is 0 Å². The molecule has 0 saturated heterocycles. The maximum Gasteiger partial charge on any atom is 0.142 e. The molecule has 2 nitrogen and oxygen atoms in total. The molecule has 0 radical (unpaired) electrons. The fourth-order valence-electron chi connectivity index (χ4n) is 2.15. The highest BCUT2D eigenvalue weighted by atomic mass is 79.9. The van der Waals surface area contributed by atoms with Gasteiger partial charge in [-0.3, -0.25) is 0 Å². The Morgan fingerprint density at radius 2 is 2.00 bits per heavy atom. The van der Waals surface area contributed by atoms with E-state index >= 15 is 0 Å². The van der Waals surface area contributed by atoms with E-state index in [1.54, 1.807) is 50.6 Å². The quantitative estimate of drug-likeness (QED) is 0.865. The van der Waals surface area contributed by atoms with E-state index in [2.05, 4.69) is 21.2 Å². The Hall–Kier alpha value is -1.10. The first-order valence-electron chi connectivity index (χ1n) is 6.03. The Labute approximate surface area is 131 Å². The number of ether oxygens (including phenoxy) is 1. The summed E-state index contributed by atoms with van der Waals surface area (Å²) < 4.78 is 20.1. The van der Waals surface area contributed by atoms with Crippen LogP contribution in [0.2, 0.25) is 5.02 Å². The Balaban J connectivity index is 2.58. The van der Waals surface area contributed by atoms with E-state index in [4.69, 9.17) is 16.3 Å². The summed E-state index contributed by atoms with van der Waals surface area (Å²) in [6, 6.07) is 10.2. The van der Waals surface area contributed by atoms with E-state index in [1.165, 1.54) is 0 Å². The van der Waals surface area contributed by atoms with Gasteiger partial charge in [0.2, 0.25) is 0 Å². The lowest BCUT2D eigenvalue weighted by atomic mass is 9.97. The minimum Gasteiger partial charge on any atom is -0.496 e. The highest BCUT2D eigenvalue weighted by molar-refractivity contribution is 9.10. The molecule has 1 atom stereocenters. The van der Waals surface area contributed by atoms with Crippen molar-refractivity contribution in [1.29, 1.82) is 0 Å². The minimum atomic E-state index is -0.346. The van der Waals surface area contributed by atoms with Crippen molar-refractivity contribution in [3.63, 3.8) is 0 Å². The predicted octanol–water partition coefficient (Wildman–Crippen LogP) is 4.56. The maximum atomic E-state index is 14.3. The molecule has 5 heteroatoms. The van der Waals surface area contributed by atoms with Crippen LogP contribution in [-0.2, 0) is 0 Å². The fourth-order valence-corrected chi connectivity index (χ4v) is 2.71. The number of hydrogen-bond donors (Lipinski definition) is 1. The third-order valence-electron chi connectivity index (χ3n) is 3.08. The normalized spacial score (nSPS) is 12.2. The van der Waals surface area contributed by atoms with Gasteiger partial charge in [0, 0.05) is 16.1 Å². The Bertz CT molecular complexity index is 621. The molecule has 0 spiro atoms. The summed E-state index contributed by atoms with van der Waals surface area (Å²) in [6.45, 7) is 0. The zero-order valence-corrected chi connectivity index (χ0v) is 13.4. The highest BCUT2D eigenvalue weighted by Gasteiger charge is 2.21. The van der Waals surface area contributed by atoms with E-state index in [1.807, 2.05) is 0 Å². The van der Waals surface area contributed by atoms with Crippen molar-refractivity contribution >= 4 is 27.5 Å². The molecule has 2 aromatic carbocycles. The van der Waals surface area contributed by atoms with Gasteiger partial charge in [-0.1, -0.05) is 23.7 Å². The lowest BCUT2D eigenvalue weighted by Gasteiger charge is -2.21. The van der Waals surface area contributed by atoms with Crippen molar-refractivity contribution in [3.8, 4) is 5.75 Å². The molecule has 0 aliphatic heterocycles. The van der Waals surface area contributed by atoms with Gasteiger partial charge in [0.05, 0.1) is 17.6 Å². The number of nitrogens with one attached hydrogen (secondary N) is 1. The van der Waals surface area contributed by atoms with E-state index in [-0.39, 0.29) is 11.9 Å². The van der Waals surface area contributed by atoms with Crippen LogP contribution in [0.5, 0.6) is 5.75 Å². The summed E-state index contributed by atoms with van der Waals surface area (Å²) in [4.78, 5) is 0. The summed E-state index contributed by atoms with van der Waals surface area (Å²) >= 11 is 9.25. The van der Waals surface area contributed by atoms with Crippen molar-refractivity contribution in [1.82, 2.24) is 5.32 Å². The maximum absolute atomic E-state index is 14.3. The molecule has 20 heavy (non-hydrogen) atoms. The second-order valence-corrected chi connectivity index (χ2v) is 5.54. The summed E-state index contributed by atoms with van der Waals surface area (Å²) in [6.07, 6.45) is 0. The molecule has 0 fully saturated rings. The molecule has 0 amide bonds. The lowest BCUT2D eigenvalue weighted by molar-refractivity contribution is 0.404. The molecule has 0 aliphatic carbocycles. The smallest absolute Gasteiger partial charge is 0.142 e. The molecule has 1 N–H and O–H groups in total. The zero-order valence-electron chi connectivity index (χ0n) is 11.1. The molecule has 0 saturated carbocycles. The highest BCUT2D eigenvalue weighted by Crippen LogP contribution is 2.34. The fraction of sp³-hybridized carbons (Fsp3) is 0.200. The SMILES string of the molecule is CNC(c1cc(Cl)ccc1OC)c1cccc(Br)c1F. The predicted molar refractivity (Wildman–Crippen MR) is 83.0 cm³/mol. The van der Waals surface area contributed by atoms with E-state index in [0.29, 0.717) is 20.8 Å². The van der Waals surface area contributed by atoms with Crippen LogP contribution in [0.25, 0.3) is 0 Å². The van der Waals surface area contributed by atoms with E-state index in [9.17, 15) is 4.39 Å². The molecule has 0 aliphatic rings. The summed E-state index contributed by atoms with van der Waals surface area (Å²) in [5.41, 5.74) is 1.32. The average Bonchev–Trinajstić information content (AvgIpc) is 2.44. The number of methoxy groups -OCH3 is 1. The van der Waals surface area contributed by atoms with Crippen LogP contribution in [0.4, 0.5) is 4.39 Å². The van der Waals surface area contributed by atoms with E-state index in [0.717, 1.165) is 5.56 Å². The Morgan fingerprint density at radius 3 is 2.65 bits per heavy atom. The second-order valence-electron chi connectivity index (χ2n) is 4.25. The Kier molecular flexibility index (Phi) is 5.02. The summed E-state index contributed by atoms with van der Waals surface area (Å²) in [7, 11) is 3.35. The first-order chi connectivity index (χ1) is 9.58. The number of rotatable bonds is 4. The van der Waals surface area contributed by atoms with Crippen molar-refractivity contribution in [2.45, 2.75) is 6.04 Å². The minimum absolute atomic E-state index is 0.297. The molecule has 0 aromatic heterocycles. The second kappa shape index (κ2) is 6.57. The molecular formula is C15H14BrClFNO. The monoisotopic (exact) mass is 357 g/mol. The van der Waals surface area contributed by atoms with Crippen LogP contribution < -0.4 is 10.1 Å². The summed E-state index contributed by atoms with van der Waals surface area (Å²) in [5, 5.41) is 3.69. The van der Waals surface area contributed by atoms with Gasteiger partial charge in [0.1, 0.15) is 11.6 Å². The van der Waals surface area contributed by atoms with Gasteiger partial charge in [-0.2, -0.15) is 0 Å². The van der Waals surface area contributed by atoms with Gasteiger partial charge in [0.15, 0.2) is 0 Å². The molecule has 0 bridgehead atoms. The van der Waals surface area contributed by atoms with Crippen LogP contribution in [0, 0.1) is 5.82 Å². The Morgan fingerprint density at radius 1 is 1.25 bits per heavy atom. The average molecular weight is 359 g/mol. The molecule has 2 rings (SSSR count). The topological polar surface area (TPSA) is 21.3 Å². The molecule has 1 unspecified atom stereocenters. The van der Waals surface area contributed by atoms with Crippen LogP contribution in [0.1, 0.15) is 17.2 Å². The van der Waals surface area contributed by atoms with Gasteiger partial charge in [0.25, 0.3) is 0 Å². The third kappa shape index (κ3) is 2.97. The molecule has 0 heterocycles. The van der Waals surface area contributed by atoms with Crippen LogP contribution in [0.3, 0.4) is 0 Å². The lowest BCUT2D eigenvalue weighted by Crippen LogP contribution is -2.20. The van der Waals surface area contributed by atoms with Crippen LogP contribution in [0.15, 0.2) is 40.9 Å². The van der Waals surface area contributed by atoms with Gasteiger partial charge >= 0.3 is 0 Å². The zero-order chi connectivity index (χ0) is 14.7. The number of halogens is 3. The molecular weight excluding hydrogens is 345 g/mol. The van der Waals surface area contributed by atoms with Crippen molar-refractivity contribution in [2.75, 3.05) is 14.2 Å². The van der Waals surface area contributed by atoms with Crippen molar-refractivity contribution in [3.05, 3.63) is 62.8 Å². The van der Waals surface area contributed by atoms with Gasteiger partial charge in [-0.25, -0.2) is 4.39 Å². The number of benzene rings is 2. The van der Waals surface area contributed by atoms with Crippen LogP contribution >= 0.6 is 27.5 Å². The van der Waals surface area contributed by atoms with Crippen LogP contribution in [-0.4, -0.2) is 14.2 Å². The molecule has 106 valence electrons.